The Kier molecular flexibility index (Phi) is 38.3. The SMILES string of the molecule is CCCCCCCCCCCCOS(=O)(=O)[O-].CCCCCCCCCCCCOS(=O)(=O)[O-].O.[Mg+2]. The van der Waals surface area contributed by atoms with Gasteiger partial charge in [0.1, 0.15) is 0 Å². The molecule has 12 heteroatoms. The van der Waals surface area contributed by atoms with Crippen molar-refractivity contribution < 1.29 is 39.8 Å². The number of hydrogen-bond donors (Lipinski definition) is 0. The van der Waals surface area contributed by atoms with E-state index in [4.69, 9.17) is 0 Å². The van der Waals surface area contributed by atoms with Crippen molar-refractivity contribution in [1.82, 2.24) is 0 Å². The first-order valence-corrected chi connectivity index (χ1v) is 16.0. The molecule has 0 radical (unpaired) electrons. The zero-order chi connectivity index (χ0) is 26.0. The van der Waals surface area contributed by atoms with E-state index in [-0.39, 0.29) is 41.7 Å². The monoisotopic (exact) mass is 572 g/mol. The Morgan fingerprint density at radius 3 is 0.833 bits per heavy atom. The minimum absolute atomic E-state index is 0. The van der Waals surface area contributed by atoms with Gasteiger partial charge in [-0.15, -0.1) is 0 Å². The quantitative estimate of drug-likeness (QED) is 0.0627. The van der Waals surface area contributed by atoms with Gasteiger partial charge in [-0.05, 0) is 12.8 Å². The van der Waals surface area contributed by atoms with E-state index >= 15 is 0 Å². The van der Waals surface area contributed by atoms with Crippen LogP contribution in [0.25, 0.3) is 0 Å². The number of rotatable bonds is 24. The maximum atomic E-state index is 10.1. The molecule has 0 aliphatic heterocycles. The molecule has 0 aromatic carbocycles. The molecule has 0 atom stereocenters. The summed E-state index contributed by atoms with van der Waals surface area (Å²) in [5, 5.41) is 0. The molecule has 36 heavy (non-hydrogen) atoms. The van der Waals surface area contributed by atoms with Gasteiger partial charge in [0.2, 0.25) is 20.8 Å². The molecule has 0 rings (SSSR count). The van der Waals surface area contributed by atoms with E-state index in [1.807, 2.05) is 0 Å². The molecule has 0 aliphatic rings. The van der Waals surface area contributed by atoms with Crippen molar-refractivity contribution >= 4 is 43.9 Å². The van der Waals surface area contributed by atoms with Crippen molar-refractivity contribution in [3.63, 3.8) is 0 Å². The van der Waals surface area contributed by atoms with Gasteiger partial charge in [-0.25, -0.2) is 16.8 Å². The molecule has 9 nitrogen and oxygen atoms in total. The molecule has 0 aromatic heterocycles. The molecule has 0 heterocycles. The minimum atomic E-state index is -4.48. The van der Waals surface area contributed by atoms with Crippen LogP contribution in [0, 0.1) is 0 Å². The summed E-state index contributed by atoms with van der Waals surface area (Å²) in [5.41, 5.74) is 0. The summed E-state index contributed by atoms with van der Waals surface area (Å²) in [5.74, 6) is 0. The predicted octanol–water partition coefficient (Wildman–Crippen LogP) is 5.56. The van der Waals surface area contributed by atoms with Crippen molar-refractivity contribution in [2.75, 3.05) is 13.2 Å². The topological polar surface area (TPSA) is 164 Å². The Hall–Kier alpha value is 0.466. The summed E-state index contributed by atoms with van der Waals surface area (Å²) in [4.78, 5) is 0. The Labute approximate surface area is 238 Å². The molecular weight excluding hydrogens is 521 g/mol. The van der Waals surface area contributed by atoms with E-state index in [1.54, 1.807) is 0 Å². The van der Waals surface area contributed by atoms with Crippen LogP contribution < -0.4 is 0 Å². The van der Waals surface area contributed by atoms with E-state index in [0.717, 1.165) is 25.7 Å². The second-order valence-corrected chi connectivity index (χ2v) is 10.9. The van der Waals surface area contributed by atoms with Gasteiger partial charge >= 0.3 is 23.1 Å². The van der Waals surface area contributed by atoms with Crippen molar-refractivity contribution in [3.05, 3.63) is 0 Å². The maximum absolute atomic E-state index is 10.1. The third-order valence-corrected chi connectivity index (χ3v) is 6.36. The smallest absolute Gasteiger partial charge is 0.726 e. The minimum Gasteiger partial charge on any atom is -0.726 e. The van der Waals surface area contributed by atoms with Gasteiger partial charge in [0.05, 0.1) is 13.2 Å². The molecule has 0 amide bonds. The summed E-state index contributed by atoms with van der Waals surface area (Å²) < 4.78 is 68.9. The first-order valence-electron chi connectivity index (χ1n) is 13.3. The van der Waals surface area contributed by atoms with Crippen LogP contribution in [0.1, 0.15) is 142 Å². The fourth-order valence-corrected chi connectivity index (χ4v) is 4.14. The van der Waals surface area contributed by atoms with Gasteiger partial charge < -0.3 is 14.6 Å². The van der Waals surface area contributed by atoms with Crippen LogP contribution in [-0.4, -0.2) is 67.7 Å². The zero-order valence-corrected chi connectivity index (χ0v) is 25.9. The second kappa shape index (κ2) is 31.7. The average molecular weight is 573 g/mol. The van der Waals surface area contributed by atoms with Gasteiger partial charge in [0, 0.05) is 0 Å². The zero-order valence-electron chi connectivity index (χ0n) is 22.8. The molecule has 0 saturated heterocycles. The third kappa shape index (κ3) is 47.6. The fourth-order valence-electron chi connectivity index (χ4n) is 3.50. The van der Waals surface area contributed by atoms with Crippen molar-refractivity contribution in [2.45, 2.75) is 142 Å². The van der Waals surface area contributed by atoms with E-state index in [0.29, 0.717) is 12.8 Å². The molecule has 0 unspecified atom stereocenters. The van der Waals surface area contributed by atoms with Gasteiger partial charge in [-0.1, -0.05) is 129 Å². The van der Waals surface area contributed by atoms with Crippen LogP contribution in [-0.2, 0) is 29.2 Å². The van der Waals surface area contributed by atoms with Crippen LogP contribution in [0.4, 0.5) is 0 Å². The van der Waals surface area contributed by atoms with Crippen molar-refractivity contribution in [1.29, 1.82) is 0 Å². The molecular formula is C24H52MgO9S2. The van der Waals surface area contributed by atoms with E-state index in [9.17, 15) is 25.9 Å². The Morgan fingerprint density at radius 2 is 0.639 bits per heavy atom. The molecule has 0 saturated carbocycles. The van der Waals surface area contributed by atoms with Crippen molar-refractivity contribution in [3.8, 4) is 0 Å². The molecule has 0 aromatic rings. The molecule has 0 aliphatic carbocycles. The largest absolute Gasteiger partial charge is 2.00 e. The molecule has 216 valence electrons. The van der Waals surface area contributed by atoms with Gasteiger partial charge in [0.25, 0.3) is 0 Å². The summed E-state index contributed by atoms with van der Waals surface area (Å²) in [6, 6.07) is 0. The summed E-state index contributed by atoms with van der Waals surface area (Å²) in [7, 11) is -8.97. The third-order valence-electron chi connectivity index (χ3n) is 5.45. The average Bonchev–Trinajstić information content (AvgIpc) is 2.75. The van der Waals surface area contributed by atoms with E-state index in [2.05, 4.69) is 22.2 Å². The van der Waals surface area contributed by atoms with Crippen LogP contribution in [0.2, 0.25) is 0 Å². The van der Waals surface area contributed by atoms with E-state index < -0.39 is 20.8 Å². The van der Waals surface area contributed by atoms with Crippen LogP contribution in [0.3, 0.4) is 0 Å². The first kappa shape index (κ1) is 43.5. The Bertz CT molecular complexity index is 561. The van der Waals surface area contributed by atoms with Crippen LogP contribution in [0.15, 0.2) is 0 Å². The molecule has 0 bridgehead atoms. The summed E-state index contributed by atoms with van der Waals surface area (Å²) >= 11 is 0. The first-order chi connectivity index (χ1) is 16.1. The van der Waals surface area contributed by atoms with E-state index in [1.165, 1.54) is 89.9 Å². The normalized spacial score (nSPS) is 11.2. The summed E-state index contributed by atoms with van der Waals surface area (Å²) in [6.07, 6.45) is 23.4. The number of unbranched alkanes of at least 4 members (excludes halogenated alkanes) is 18. The maximum Gasteiger partial charge on any atom is 2.00 e. The summed E-state index contributed by atoms with van der Waals surface area (Å²) in [6.45, 7) is 4.49. The standard InChI is InChI=1S/2C12H26O4S.Mg.H2O/c2*1-2-3-4-5-6-7-8-9-10-11-12-16-17(13,14)15;;/h2*2-12H2,1H3,(H,13,14,15);;1H2/q;;+2;/p-2. The number of hydrogen-bond acceptors (Lipinski definition) is 8. The van der Waals surface area contributed by atoms with Crippen molar-refractivity contribution in [2.24, 2.45) is 0 Å². The van der Waals surface area contributed by atoms with Crippen LogP contribution in [0.5, 0.6) is 0 Å². The molecule has 2 N–H and O–H groups in total. The fraction of sp³-hybridized carbons (Fsp3) is 1.00. The van der Waals surface area contributed by atoms with Gasteiger partial charge in [-0.3, -0.25) is 8.37 Å². The predicted molar refractivity (Wildman–Crippen MR) is 144 cm³/mol. The van der Waals surface area contributed by atoms with Crippen LogP contribution >= 0.6 is 0 Å². The van der Waals surface area contributed by atoms with Gasteiger partial charge in [0.15, 0.2) is 0 Å². The molecule has 0 spiro atoms. The Morgan fingerprint density at radius 1 is 0.444 bits per heavy atom. The second-order valence-electron chi connectivity index (χ2n) is 8.82. The molecule has 0 fully saturated rings. The van der Waals surface area contributed by atoms with Gasteiger partial charge in [-0.2, -0.15) is 0 Å². The Balaban J connectivity index is -0.000000269.